The molecule has 17 heavy (non-hydrogen) atoms. The molecule has 1 heterocycles. The van der Waals surface area contributed by atoms with E-state index in [9.17, 15) is 4.79 Å². The molecule has 0 spiro atoms. The molecule has 0 radical (unpaired) electrons. The SMILES string of the molecule is CCCCCC(C)NC(=O)CC1CCCNC1. The van der Waals surface area contributed by atoms with Gasteiger partial charge in [-0.15, -0.1) is 0 Å². The third-order valence-corrected chi connectivity index (χ3v) is 3.52. The molecule has 0 aromatic rings. The first-order valence-electron chi connectivity index (χ1n) is 7.22. The van der Waals surface area contributed by atoms with Crippen LogP contribution in [0.15, 0.2) is 0 Å². The lowest BCUT2D eigenvalue weighted by molar-refractivity contribution is -0.122. The molecule has 0 aliphatic carbocycles. The average Bonchev–Trinajstić information content (AvgIpc) is 2.30. The number of nitrogens with one attached hydrogen (secondary N) is 2. The third-order valence-electron chi connectivity index (χ3n) is 3.52. The van der Waals surface area contributed by atoms with Crippen LogP contribution in [0.2, 0.25) is 0 Å². The molecule has 2 unspecified atom stereocenters. The summed E-state index contributed by atoms with van der Waals surface area (Å²) in [6.07, 6.45) is 7.96. The van der Waals surface area contributed by atoms with Gasteiger partial charge in [-0.25, -0.2) is 0 Å². The number of unbranched alkanes of at least 4 members (excludes halogenated alkanes) is 2. The van der Waals surface area contributed by atoms with Crippen LogP contribution in [0.1, 0.15) is 58.8 Å². The van der Waals surface area contributed by atoms with Crippen LogP contribution < -0.4 is 10.6 Å². The lowest BCUT2D eigenvalue weighted by atomic mass is 9.95. The van der Waals surface area contributed by atoms with E-state index in [1.54, 1.807) is 0 Å². The van der Waals surface area contributed by atoms with E-state index in [0.29, 0.717) is 18.4 Å². The number of carbonyl (C=O) groups is 1. The van der Waals surface area contributed by atoms with Gasteiger partial charge in [-0.1, -0.05) is 26.2 Å². The fourth-order valence-electron chi connectivity index (χ4n) is 2.47. The van der Waals surface area contributed by atoms with Crippen LogP contribution in [-0.4, -0.2) is 25.0 Å². The summed E-state index contributed by atoms with van der Waals surface area (Å²) in [6, 6.07) is 0.339. The molecule has 100 valence electrons. The Hall–Kier alpha value is -0.570. The summed E-state index contributed by atoms with van der Waals surface area (Å²) in [7, 11) is 0. The summed E-state index contributed by atoms with van der Waals surface area (Å²) in [5.41, 5.74) is 0. The summed E-state index contributed by atoms with van der Waals surface area (Å²) in [4.78, 5) is 11.8. The van der Waals surface area contributed by atoms with Crippen molar-refractivity contribution in [1.29, 1.82) is 0 Å². The van der Waals surface area contributed by atoms with Crippen molar-refractivity contribution in [2.75, 3.05) is 13.1 Å². The van der Waals surface area contributed by atoms with E-state index in [0.717, 1.165) is 19.5 Å². The van der Waals surface area contributed by atoms with Crippen molar-refractivity contribution in [3.05, 3.63) is 0 Å². The van der Waals surface area contributed by atoms with Gasteiger partial charge in [0.1, 0.15) is 0 Å². The molecule has 1 aliphatic heterocycles. The molecule has 3 nitrogen and oxygen atoms in total. The Bertz CT molecular complexity index is 212. The minimum atomic E-state index is 0.239. The molecule has 3 heteroatoms. The van der Waals surface area contributed by atoms with E-state index in [2.05, 4.69) is 24.5 Å². The zero-order chi connectivity index (χ0) is 12.5. The maximum absolute atomic E-state index is 11.8. The minimum absolute atomic E-state index is 0.239. The van der Waals surface area contributed by atoms with Crippen molar-refractivity contribution < 1.29 is 4.79 Å². The van der Waals surface area contributed by atoms with Crippen molar-refractivity contribution in [2.45, 2.75) is 64.8 Å². The molecule has 1 saturated heterocycles. The quantitative estimate of drug-likeness (QED) is 0.671. The van der Waals surface area contributed by atoms with Gasteiger partial charge in [0.05, 0.1) is 0 Å². The van der Waals surface area contributed by atoms with Crippen LogP contribution in [-0.2, 0) is 4.79 Å². The molecule has 0 aromatic carbocycles. The van der Waals surface area contributed by atoms with Crippen molar-refractivity contribution in [2.24, 2.45) is 5.92 Å². The molecule has 0 saturated carbocycles. The standard InChI is InChI=1S/C14H28N2O/c1-3-4-5-7-12(2)16-14(17)10-13-8-6-9-15-11-13/h12-13,15H,3-11H2,1-2H3,(H,16,17). The Labute approximate surface area is 106 Å². The Kier molecular flexibility index (Phi) is 7.25. The van der Waals surface area contributed by atoms with Crippen LogP contribution in [0.4, 0.5) is 0 Å². The van der Waals surface area contributed by atoms with Gasteiger partial charge in [0.2, 0.25) is 5.91 Å². The van der Waals surface area contributed by atoms with Gasteiger partial charge in [0, 0.05) is 12.5 Å². The fraction of sp³-hybridized carbons (Fsp3) is 0.929. The second-order valence-corrected chi connectivity index (χ2v) is 5.38. The summed E-state index contributed by atoms with van der Waals surface area (Å²) in [5, 5.41) is 6.47. The third kappa shape index (κ3) is 6.67. The number of piperidine rings is 1. The lowest BCUT2D eigenvalue weighted by Gasteiger charge is -2.23. The highest BCUT2D eigenvalue weighted by Gasteiger charge is 2.17. The Morgan fingerprint density at radius 2 is 2.29 bits per heavy atom. The van der Waals surface area contributed by atoms with Crippen molar-refractivity contribution in [1.82, 2.24) is 10.6 Å². The number of hydrogen-bond donors (Lipinski definition) is 2. The highest BCUT2D eigenvalue weighted by atomic mass is 16.1. The highest BCUT2D eigenvalue weighted by molar-refractivity contribution is 5.76. The molecule has 2 N–H and O–H groups in total. The van der Waals surface area contributed by atoms with E-state index < -0.39 is 0 Å². The Morgan fingerprint density at radius 3 is 2.94 bits per heavy atom. The second-order valence-electron chi connectivity index (χ2n) is 5.38. The van der Waals surface area contributed by atoms with Gasteiger partial charge in [0.25, 0.3) is 0 Å². The van der Waals surface area contributed by atoms with Gasteiger partial charge < -0.3 is 10.6 Å². The fourth-order valence-corrected chi connectivity index (χ4v) is 2.47. The van der Waals surface area contributed by atoms with E-state index in [-0.39, 0.29) is 5.91 Å². The number of hydrogen-bond acceptors (Lipinski definition) is 2. The van der Waals surface area contributed by atoms with Crippen LogP contribution in [0.25, 0.3) is 0 Å². The molecule has 1 aliphatic rings. The van der Waals surface area contributed by atoms with Gasteiger partial charge in [-0.05, 0) is 45.2 Å². The van der Waals surface area contributed by atoms with E-state index in [4.69, 9.17) is 0 Å². The van der Waals surface area contributed by atoms with Crippen LogP contribution in [0.5, 0.6) is 0 Å². The monoisotopic (exact) mass is 240 g/mol. The van der Waals surface area contributed by atoms with Crippen molar-refractivity contribution in [3.63, 3.8) is 0 Å². The molecule has 1 fully saturated rings. The maximum Gasteiger partial charge on any atom is 0.220 e. The molecule has 0 aromatic heterocycles. The molecule has 1 rings (SSSR count). The smallest absolute Gasteiger partial charge is 0.220 e. The molecular formula is C14H28N2O. The van der Waals surface area contributed by atoms with E-state index >= 15 is 0 Å². The Morgan fingerprint density at radius 1 is 1.47 bits per heavy atom. The van der Waals surface area contributed by atoms with Crippen LogP contribution >= 0.6 is 0 Å². The molecule has 2 atom stereocenters. The molecule has 1 amide bonds. The van der Waals surface area contributed by atoms with Gasteiger partial charge >= 0.3 is 0 Å². The summed E-state index contributed by atoms with van der Waals surface area (Å²) < 4.78 is 0. The van der Waals surface area contributed by atoms with Crippen LogP contribution in [0, 0.1) is 5.92 Å². The van der Waals surface area contributed by atoms with Crippen molar-refractivity contribution in [3.8, 4) is 0 Å². The van der Waals surface area contributed by atoms with Gasteiger partial charge in [-0.3, -0.25) is 4.79 Å². The first kappa shape index (κ1) is 14.5. The van der Waals surface area contributed by atoms with Gasteiger partial charge in [0.15, 0.2) is 0 Å². The zero-order valence-corrected chi connectivity index (χ0v) is 11.4. The summed E-state index contributed by atoms with van der Waals surface area (Å²) >= 11 is 0. The molecule has 0 bridgehead atoms. The maximum atomic E-state index is 11.8. The number of rotatable bonds is 7. The van der Waals surface area contributed by atoms with Crippen molar-refractivity contribution >= 4 is 5.91 Å². The summed E-state index contributed by atoms with van der Waals surface area (Å²) in [5.74, 6) is 0.786. The lowest BCUT2D eigenvalue weighted by Crippen LogP contribution is -2.37. The molecular weight excluding hydrogens is 212 g/mol. The van der Waals surface area contributed by atoms with E-state index in [1.165, 1.54) is 32.1 Å². The van der Waals surface area contributed by atoms with Gasteiger partial charge in [-0.2, -0.15) is 0 Å². The number of amides is 1. The normalized spacial score (nSPS) is 22.1. The zero-order valence-electron chi connectivity index (χ0n) is 11.4. The topological polar surface area (TPSA) is 41.1 Å². The summed E-state index contributed by atoms with van der Waals surface area (Å²) in [6.45, 7) is 6.45. The predicted molar refractivity (Wildman–Crippen MR) is 72.0 cm³/mol. The first-order valence-corrected chi connectivity index (χ1v) is 7.22. The average molecular weight is 240 g/mol. The Balaban J connectivity index is 2.10. The van der Waals surface area contributed by atoms with E-state index in [1.807, 2.05) is 0 Å². The largest absolute Gasteiger partial charge is 0.354 e. The second kappa shape index (κ2) is 8.51. The predicted octanol–water partition coefficient (Wildman–Crippen LogP) is 2.46. The minimum Gasteiger partial charge on any atom is -0.354 e. The van der Waals surface area contributed by atoms with Crippen LogP contribution in [0.3, 0.4) is 0 Å². The highest BCUT2D eigenvalue weighted by Crippen LogP contribution is 2.14. The first-order chi connectivity index (χ1) is 8.22. The number of carbonyl (C=O) groups excluding carboxylic acids is 1.